The summed E-state index contributed by atoms with van der Waals surface area (Å²) < 4.78 is 23.6. The number of rotatable bonds is 9. The highest BCUT2D eigenvalue weighted by Crippen LogP contribution is 2.49. The number of hydrogen-bond donors (Lipinski definition) is 5. The lowest BCUT2D eigenvalue weighted by atomic mass is 9.79. The first-order valence-electron chi connectivity index (χ1n) is 14.8. The van der Waals surface area contributed by atoms with Crippen LogP contribution in [0.5, 0.6) is 0 Å². The number of carbonyl (C=O) groups excluding carboxylic acids is 1. The molecule has 1 saturated carbocycles. The van der Waals surface area contributed by atoms with E-state index in [1.54, 1.807) is 12.1 Å². The Labute approximate surface area is 245 Å². The highest BCUT2D eigenvalue weighted by atomic mass is 35.5. The topological polar surface area (TPSA) is 125 Å². The fourth-order valence-electron chi connectivity index (χ4n) is 7.01. The van der Waals surface area contributed by atoms with E-state index in [9.17, 15) is 23.8 Å². The molecule has 2 saturated heterocycles. The van der Waals surface area contributed by atoms with Crippen molar-refractivity contribution in [2.45, 2.75) is 95.3 Å². The smallest absolute Gasteiger partial charge is 0.407 e. The van der Waals surface area contributed by atoms with Crippen LogP contribution in [0.1, 0.15) is 76.7 Å². The van der Waals surface area contributed by atoms with Crippen molar-refractivity contribution in [2.75, 3.05) is 25.9 Å². The number of benzene rings is 1. The molecule has 3 aliphatic rings. The van der Waals surface area contributed by atoms with Crippen LogP contribution in [0.2, 0.25) is 5.02 Å². The number of carbonyl (C=O) groups is 2. The maximum atomic E-state index is 13.9. The van der Waals surface area contributed by atoms with Gasteiger partial charge in [0.05, 0.1) is 5.75 Å². The summed E-state index contributed by atoms with van der Waals surface area (Å²) in [6, 6.07) is 6.75. The minimum Gasteiger partial charge on any atom is -0.465 e. The van der Waals surface area contributed by atoms with Gasteiger partial charge in [-0.2, -0.15) is 0 Å². The van der Waals surface area contributed by atoms with Crippen LogP contribution in [0.4, 0.5) is 4.79 Å². The molecular formula is C29H47ClN4O5S. The molecule has 7 atom stereocenters. The van der Waals surface area contributed by atoms with Gasteiger partial charge in [0.2, 0.25) is 5.91 Å². The van der Waals surface area contributed by atoms with E-state index in [-0.39, 0.29) is 35.7 Å². The minimum absolute atomic E-state index is 0.0110. The lowest BCUT2D eigenvalue weighted by Gasteiger charge is -2.49. The molecule has 1 unspecified atom stereocenters. The molecule has 4 rings (SSSR count). The van der Waals surface area contributed by atoms with Crippen LogP contribution in [-0.2, 0) is 4.79 Å². The van der Waals surface area contributed by atoms with Crippen molar-refractivity contribution < 1.29 is 23.8 Å². The van der Waals surface area contributed by atoms with Crippen LogP contribution in [0, 0.1) is 11.8 Å². The first kappa shape index (κ1) is 31.4. The molecule has 9 nitrogen and oxygen atoms in total. The Hall–Kier alpha value is -1.56. The van der Waals surface area contributed by atoms with Crippen LogP contribution in [0.15, 0.2) is 24.3 Å². The van der Waals surface area contributed by atoms with Crippen LogP contribution in [-0.4, -0.2) is 85.5 Å². The van der Waals surface area contributed by atoms with Gasteiger partial charge in [-0.05, 0) is 68.1 Å². The maximum absolute atomic E-state index is 13.9. The number of fused-ring (bicyclic) bond motifs is 2. The van der Waals surface area contributed by atoms with E-state index < -0.39 is 22.9 Å². The van der Waals surface area contributed by atoms with Gasteiger partial charge in [-0.3, -0.25) is 18.8 Å². The van der Waals surface area contributed by atoms with Gasteiger partial charge in [0, 0.05) is 49.2 Å². The molecule has 2 bridgehead atoms. The summed E-state index contributed by atoms with van der Waals surface area (Å²) in [6.07, 6.45) is 6.31. The molecule has 11 heteroatoms. The molecule has 1 aliphatic carbocycles. The highest BCUT2D eigenvalue weighted by molar-refractivity contribution is 8.22. The molecule has 40 heavy (non-hydrogen) atoms. The fourth-order valence-corrected chi connectivity index (χ4v) is 9.00. The molecule has 1 aromatic rings. The standard InChI is InChI=1S/C29H47ClN4O5S/c1-19(2)26(21-10-13-22(30)14-11-21)27(33(3)29(36)37)28(35)32-25-9-5-4-7-20(25)12-15-24-17-31-23-8-6-16-40(38,39)34(24)18-23/h10-11,13-14,19-20,23-27,31,38-39H,4-9,12,15-18H2,1-3H3,(H,32,35)(H,36,37)/t20-,23-,24+,25+,26-,27+/m1/s1. The zero-order valence-electron chi connectivity index (χ0n) is 24.0. The van der Waals surface area contributed by atoms with E-state index in [1.807, 2.05) is 30.3 Å². The largest absolute Gasteiger partial charge is 0.465 e. The summed E-state index contributed by atoms with van der Waals surface area (Å²) in [5, 5.41) is 17.4. The molecule has 5 N–H and O–H groups in total. The molecule has 0 spiro atoms. The third-order valence-corrected chi connectivity index (χ3v) is 11.5. The van der Waals surface area contributed by atoms with Crippen molar-refractivity contribution in [2.24, 2.45) is 11.8 Å². The first-order chi connectivity index (χ1) is 19.0. The molecule has 226 valence electrons. The second kappa shape index (κ2) is 13.6. The van der Waals surface area contributed by atoms with Crippen LogP contribution in [0.3, 0.4) is 0 Å². The van der Waals surface area contributed by atoms with Crippen molar-refractivity contribution in [1.29, 1.82) is 0 Å². The summed E-state index contributed by atoms with van der Waals surface area (Å²) in [5.41, 5.74) is 0.882. The van der Waals surface area contributed by atoms with Gasteiger partial charge >= 0.3 is 6.09 Å². The SMILES string of the molecule is CC(C)[C@H](c1ccc(Cl)cc1)[C@@H](C(=O)N[C@H]1CCCC[C@@H]1CC[C@H]1CN[C@@H]2CCCS(O)(O)N1C2)N(C)C(=O)O. The number of nitrogens with zero attached hydrogens (tertiary/aromatic N) is 2. The van der Waals surface area contributed by atoms with Gasteiger partial charge in [0.25, 0.3) is 0 Å². The van der Waals surface area contributed by atoms with Crippen molar-refractivity contribution in [3.63, 3.8) is 0 Å². The van der Waals surface area contributed by atoms with E-state index in [4.69, 9.17) is 11.6 Å². The van der Waals surface area contributed by atoms with Gasteiger partial charge in [-0.25, -0.2) is 9.10 Å². The molecule has 0 radical (unpaired) electrons. The van der Waals surface area contributed by atoms with Crippen molar-refractivity contribution in [3.8, 4) is 0 Å². The molecule has 2 heterocycles. The van der Waals surface area contributed by atoms with Crippen molar-refractivity contribution in [1.82, 2.24) is 19.8 Å². The second-order valence-corrected chi connectivity index (χ2v) is 14.8. The number of piperazine rings is 1. The predicted molar refractivity (Wildman–Crippen MR) is 161 cm³/mol. The quantitative estimate of drug-likeness (QED) is 0.250. The molecule has 1 aromatic carbocycles. The molecule has 2 amide bonds. The maximum Gasteiger partial charge on any atom is 0.407 e. The number of hydrogen-bond acceptors (Lipinski definition) is 6. The summed E-state index contributed by atoms with van der Waals surface area (Å²) in [5.74, 6) is 0.103. The van der Waals surface area contributed by atoms with Gasteiger partial charge in [-0.1, -0.05) is 50.4 Å². The van der Waals surface area contributed by atoms with Crippen LogP contribution in [0.25, 0.3) is 0 Å². The average molecular weight is 599 g/mol. The Kier molecular flexibility index (Phi) is 10.7. The van der Waals surface area contributed by atoms with Gasteiger partial charge < -0.3 is 15.7 Å². The molecule has 0 aromatic heterocycles. The summed E-state index contributed by atoms with van der Waals surface area (Å²) in [7, 11) is -1.28. The summed E-state index contributed by atoms with van der Waals surface area (Å²) >= 11 is 6.12. The minimum atomic E-state index is -2.75. The third kappa shape index (κ3) is 7.44. The number of nitrogens with one attached hydrogen (secondary N) is 2. The Bertz CT molecular complexity index is 1010. The zero-order valence-corrected chi connectivity index (χ0v) is 25.5. The van der Waals surface area contributed by atoms with Crippen molar-refractivity contribution in [3.05, 3.63) is 34.9 Å². The van der Waals surface area contributed by atoms with Gasteiger partial charge in [0.1, 0.15) is 6.04 Å². The number of amides is 2. The van der Waals surface area contributed by atoms with E-state index in [0.29, 0.717) is 23.4 Å². The monoisotopic (exact) mass is 598 g/mol. The zero-order chi connectivity index (χ0) is 29.0. The normalized spacial score (nSPS) is 30.5. The second-order valence-electron chi connectivity index (χ2n) is 12.2. The Balaban J connectivity index is 1.48. The Morgan fingerprint density at radius 2 is 1.82 bits per heavy atom. The lowest BCUT2D eigenvalue weighted by molar-refractivity contribution is -0.128. The van der Waals surface area contributed by atoms with Gasteiger partial charge in [-0.15, -0.1) is 10.8 Å². The summed E-state index contributed by atoms with van der Waals surface area (Å²) in [4.78, 5) is 27.2. The van der Waals surface area contributed by atoms with E-state index in [2.05, 4.69) is 10.6 Å². The van der Waals surface area contributed by atoms with Gasteiger partial charge in [0.15, 0.2) is 0 Å². The van der Waals surface area contributed by atoms with E-state index in [0.717, 1.165) is 68.4 Å². The number of carboxylic acid groups (broad SMARTS) is 1. The number of halogens is 1. The van der Waals surface area contributed by atoms with Crippen molar-refractivity contribution >= 4 is 34.4 Å². The average Bonchev–Trinajstić information content (AvgIpc) is 3.02. The van der Waals surface area contributed by atoms with Crippen LogP contribution >= 0.6 is 22.4 Å². The molecule has 2 aliphatic heterocycles. The summed E-state index contributed by atoms with van der Waals surface area (Å²) in [6.45, 7) is 5.43. The highest BCUT2D eigenvalue weighted by Gasteiger charge is 2.41. The van der Waals surface area contributed by atoms with Crippen LogP contribution < -0.4 is 10.6 Å². The number of likely N-dealkylation sites (N-methyl/N-ethyl adjacent to an activating group) is 1. The molecule has 3 fully saturated rings. The predicted octanol–water partition coefficient (Wildman–Crippen LogP) is 5.62. The Morgan fingerprint density at radius 1 is 1.12 bits per heavy atom. The first-order valence-corrected chi connectivity index (χ1v) is 16.8. The molecular weight excluding hydrogens is 552 g/mol. The fraction of sp³-hybridized carbons (Fsp3) is 0.724. The van der Waals surface area contributed by atoms with E-state index >= 15 is 0 Å². The Morgan fingerprint density at radius 3 is 2.50 bits per heavy atom. The lowest BCUT2D eigenvalue weighted by Crippen LogP contribution is -2.56. The van der Waals surface area contributed by atoms with E-state index in [1.165, 1.54) is 7.05 Å². The third-order valence-electron chi connectivity index (χ3n) is 9.20.